The third-order valence-electron chi connectivity index (χ3n) is 4.51. The Balaban J connectivity index is 1.59. The quantitative estimate of drug-likeness (QED) is 0.591. The van der Waals surface area contributed by atoms with Crippen molar-refractivity contribution in [3.63, 3.8) is 0 Å². The van der Waals surface area contributed by atoms with Crippen molar-refractivity contribution in [2.24, 2.45) is 0 Å². The third-order valence-corrected chi connectivity index (χ3v) is 4.51. The van der Waals surface area contributed by atoms with Gasteiger partial charge in [-0.2, -0.15) is 0 Å². The van der Waals surface area contributed by atoms with Crippen LogP contribution < -0.4 is 5.32 Å². The topological polar surface area (TPSA) is 59.8 Å². The summed E-state index contributed by atoms with van der Waals surface area (Å²) in [5, 5.41) is 2.96. The Morgan fingerprint density at radius 2 is 1.85 bits per heavy atom. The van der Waals surface area contributed by atoms with Gasteiger partial charge >= 0.3 is 0 Å². The van der Waals surface area contributed by atoms with Crippen molar-refractivity contribution >= 4 is 16.9 Å². The van der Waals surface area contributed by atoms with E-state index in [1.807, 2.05) is 18.2 Å². The second-order valence-electron chi connectivity index (χ2n) is 6.44. The lowest BCUT2D eigenvalue weighted by atomic mass is 10.1. The molecule has 2 heterocycles. The van der Waals surface area contributed by atoms with Crippen molar-refractivity contribution in [3.8, 4) is 11.4 Å². The molecule has 0 aliphatic rings. The maximum Gasteiger partial charge on any atom is 0.252 e. The highest BCUT2D eigenvalue weighted by Gasteiger charge is 2.13. The summed E-state index contributed by atoms with van der Waals surface area (Å²) in [5.41, 5.74) is 4.85. The summed E-state index contributed by atoms with van der Waals surface area (Å²) in [4.78, 5) is 21.1. The first kappa shape index (κ1) is 17.0. The van der Waals surface area contributed by atoms with E-state index >= 15 is 0 Å². The number of rotatable bonds is 5. The van der Waals surface area contributed by atoms with Gasteiger partial charge in [0.2, 0.25) is 0 Å². The van der Waals surface area contributed by atoms with Crippen LogP contribution in [0.5, 0.6) is 0 Å². The number of carbonyl (C=O) groups is 1. The van der Waals surface area contributed by atoms with Crippen molar-refractivity contribution in [1.29, 1.82) is 0 Å². The summed E-state index contributed by atoms with van der Waals surface area (Å²) in [7, 11) is 0. The molecule has 27 heavy (non-hydrogen) atoms. The summed E-state index contributed by atoms with van der Waals surface area (Å²) in [6, 6.07) is 19.9. The molecule has 0 bridgehead atoms. The van der Waals surface area contributed by atoms with Crippen LogP contribution in [0.4, 0.5) is 0 Å². The highest BCUT2D eigenvalue weighted by molar-refractivity contribution is 5.93. The largest absolute Gasteiger partial charge is 0.350 e. The molecule has 0 spiro atoms. The van der Waals surface area contributed by atoms with Crippen molar-refractivity contribution in [3.05, 3.63) is 84.2 Å². The van der Waals surface area contributed by atoms with E-state index in [9.17, 15) is 4.79 Å². The molecule has 0 fully saturated rings. The number of imidazole rings is 1. The zero-order valence-electron chi connectivity index (χ0n) is 15.1. The van der Waals surface area contributed by atoms with Crippen LogP contribution in [-0.2, 0) is 6.54 Å². The maximum atomic E-state index is 12.3. The molecule has 0 atom stereocenters. The normalized spacial score (nSPS) is 10.9. The zero-order chi connectivity index (χ0) is 18.6. The van der Waals surface area contributed by atoms with E-state index in [1.165, 1.54) is 5.56 Å². The zero-order valence-corrected chi connectivity index (χ0v) is 15.1. The fourth-order valence-corrected chi connectivity index (χ4v) is 3.11. The minimum Gasteiger partial charge on any atom is -0.350 e. The number of aryl methyl sites for hydroxylation is 1. The molecule has 134 valence electrons. The van der Waals surface area contributed by atoms with Crippen LogP contribution in [0.25, 0.3) is 22.4 Å². The lowest BCUT2D eigenvalue weighted by molar-refractivity contribution is 0.0952. The van der Waals surface area contributed by atoms with E-state index in [4.69, 9.17) is 4.98 Å². The van der Waals surface area contributed by atoms with E-state index in [0.29, 0.717) is 18.7 Å². The first-order valence-electron chi connectivity index (χ1n) is 8.93. The average molecular weight is 356 g/mol. The summed E-state index contributed by atoms with van der Waals surface area (Å²) < 4.78 is 2.16. The number of amides is 1. The molecule has 1 amide bonds. The number of para-hydroxylation sites is 2. The fourth-order valence-electron chi connectivity index (χ4n) is 3.11. The Bertz CT molecular complexity index is 1070. The number of hydrogen-bond donors (Lipinski definition) is 1. The van der Waals surface area contributed by atoms with Crippen molar-refractivity contribution < 1.29 is 4.79 Å². The van der Waals surface area contributed by atoms with Gasteiger partial charge in [0, 0.05) is 31.0 Å². The molecule has 4 rings (SSSR count). The van der Waals surface area contributed by atoms with Crippen LogP contribution in [-0.4, -0.2) is 27.0 Å². The predicted octanol–water partition coefficient (Wildman–Crippen LogP) is 3.84. The smallest absolute Gasteiger partial charge is 0.252 e. The van der Waals surface area contributed by atoms with Gasteiger partial charge in [-0.1, -0.05) is 42.0 Å². The molecule has 5 nitrogen and oxygen atoms in total. The summed E-state index contributed by atoms with van der Waals surface area (Å²) in [5.74, 6) is 0.788. The molecule has 0 saturated heterocycles. The van der Waals surface area contributed by atoms with E-state index < -0.39 is 0 Å². The molecular weight excluding hydrogens is 336 g/mol. The van der Waals surface area contributed by atoms with Crippen LogP contribution >= 0.6 is 0 Å². The van der Waals surface area contributed by atoms with Gasteiger partial charge in [-0.3, -0.25) is 9.78 Å². The van der Waals surface area contributed by atoms with Crippen molar-refractivity contribution in [1.82, 2.24) is 19.9 Å². The summed E-state index contributed by atoms with van der Waals surface area (Å²) in [6.07, 6.45) is 3.22. The van der Waals surface area contributed by atoms with Crippen LogP contribution in [0.2, 0.25) is 0 Å². The van der Waals surface area contributed by atoms with Gasteiger partial charge in [-0.15, -0.1) is 0 Å². The molecule has 1 N–H and O–H groups in total. The third kappa shape index (κ3) is 3.58. The SMILES string of the molecule is Cc1ccc(-c2nc3ccccc3n2CCNC(=O)c2cccnc2)cc1. The Labute approximate surface area is 157 Å². The van der Waals surface area contributed by atoms with Crippen LogP contribution in [0.3, 0.4) is 0 Å². The van der Waals surface area contributed by atoms with E-state index in [0.717, 1.165) is 22.4 Å². The number of nitrogens with zero attached hydrogens (tertiary/aromatic N) is 3. The lowest BCUT2D eigenvalue weighted by Gasteiger charge is -2.11. The number of hydrogen-bond acceptors (Lipinski definition) is 3. The molecule has 2 aromatic carbocycles. The lowest BCUT2D eigenvalue weighted by Crippen LogP contribution is -2.27. The van der Waals surface area contributed by atoms with Gasteiger partial charge in [-0.25, -0.2) is 4.98 Å². The minimum absolute atomic E-state index is 0.121. The Hall–Kier alpha value is -3.47. The van der Waals surface area contributed by atoms with Crippen LogP contribution in [0.15, 0.2) is 73.1 Å². The average Bonchev–Trinajstić information content (AvgIpc) is 3.08. The van der Waals surface area contributed by atoms with Gasteiger partial charge in [-0.05, 0) is 31.2 Å². The van der Waals surface area contributed by atoms with Gasteiger partial charge in [0.1, 0.15) is 5.82 Å². The van der Waals surface area contributed by atoms with E-state index in [2.05, 4.69) is 52.1 Å². The predicted molar refractivity (Wildman–Crippen MR) is 106 cm³/mol. The fraction of sp³-hybridized carbons (Fsp3) is 0.136. The van der Waals surface area contributed by atoms with E-state index in [-0.39, 0.29) is 5.91 Å². The molecular formula is C22H20N4O. The Morgan fingerprint density at radius 1 is 1.04 bits per heavy atom. The summed E-state index contributed by atoms with van der Waals surface area (Å²) in [6.45, 7) is 3.21. The van der Waals surface area contributed by atoms with Crippen molar-refractivity contribution in [2.45, 2.75) is 13.5 Å². The maximum absolute atomic E-state index is 12.3. The first-order valence-corrected chi connectivity index (χ1v) is 8.93. The van der Waals surface area contributed by atoms with Crippen molar-refractivity contribution in [2.75, 3.05) is 6.54 Å². The van der Waals surface area contributed by atoms with Crippen LogP contribution in [0.1, 0.15) is 15.9 Å². The van der Waals surface area contributed by atoms with Gasteiger partial charge in [0.05, 0.1) is 16.6 Å². The first-order chi connectivity index (χ1) is 13.2. The number of carbonyl (C=O) groups excluding carboxylic acids is 1. The molecule has 0 aliphatic heterocycles. The molecule has 4 aromatic rings. The second kappa shape index (κ2) is 7.41. The molecule has 2 aromatic heterocycles. The van der Waals surface area contributed by atoms with Gasteiger partial charge in [0.25, 0.3) is 5.91 Å². The van der Waals surface area contributed by atoms with Gasteiger partial charge < -0.3 is 9.88 Å². The van der Waals surface area contributed by atoms with E-state index in [1.54, 1.807) is 24.5 Å². The molecule has 0 radical (unpaired) electrons. The summed E-state index contributed by atoms with van der Waals surface area (Å²) >= 11 is 0. The van der Waals surface area contributed by atoms with Gasteiger partial charge in [0.15, 0.2) is 0 Å². The second-order valence-corrected chi connectivity index (χ2v) is 6.44. The monoisotopic (exact) mass is 356 g/mol. The standard InChI is InChI=1S/C22H20N4O/c1-16-8-10-17(11-9-16)21-25-19-6-2-3-7-20(19)26(21)14-13-24-22(27)18-5-4-12-23-15-18/h2-12,15H,13-14H2,1H3,(H,24,27). The number of nitrogens with one attached hydrogen (secondary N) is 1. The molecule has 0 unspecified atom stereocenters. The highest BCUT2D eigenvalue weighted by atomic mass is 16.1. The highest BCUT2D eigenvalue weighted by Crippen LogP contribution is 2.24. The molecule has 0 saturated carbocycles. The Kier molecular flexibility index (Phi) is 4.66. The number of aromatic nitrogens is 3. The minimum atomic E-state index is -0.121. The molecule has 5 heteroatoms. The number of fused-ring (bicyclic) bond motifs is 1. The van der Waals surface area contributed by atoms with Crippen LogP contribution in [0, 0.1) is 6.92 Å². The molecule has 0 aliphatic carbocycles. The Morgan fingerprint density at radius 3 is 2.63 bits per heavy atom. The number of benzene rings is 2. The number of pyridine rings is 1.